The van der Waals surface area contributed by atoms with Crippen molar-refractivity contribution in [2.45, 2.75) is 59.3 Å². The van der Waals surface area contributed by atoms with Crippen LogP contribution in [-0.4, -0.2) is 31.2 Å². The normalized spacial score (nSPS) is 14.9. The molecule has 0 radical (unpaired) electrons. The van der Waals surface area contributed by atoms with E-state index in [-0.39, 0.29) is 11.1 Å². The van der Waals surface area contributed by atoms with Crippen LogP contribution < -0.4 is 15.4 Å². The average Bonchev–Trinajstić information content (AvgIpc) is 4.02. The van der Waals surface area contributed by atoms with Gasteiger partial charge in [0.1, 0.15) is 11.5 Å². The highest BCUT2D eigenvalue weighted by atomic mass is 127. The summed E-state index contributed by atoms with van der Waals surface area (Å²) in [5.74, 6) is -2.04. The molecule has 0 saturated carbocycles. The highest BCUT2D eigenvalue weighted by molar-refractivity contribution is 14.1. The quantitative estimate of drug-likeness (QED) is 0.0380. The second-order valence-corrected chi connectivity index (χ2v) is 18.8. The molecule has 10 rings (SSSR count). The standard InChI is InChI=1S/C55H46IN3O3S/c1-4-5-6-7-8-9-31-57-45-28-27-39(49-29-30-50(63-49)58(37-23-19-34(2)20-24-37)38-25-21-35(3)22-26-38)40-15-12-17-41(52(40)45)47(57)32-43-53(60)44(55(62)54(43)61)33-48-42-16-10-13-36-14-11-18-46(51(36)42)59(48)56/h10-30,32-33H,4-9,31H2,1-3H3. The van der Waals surface area contributed by atoms with Crippen molar-refractivity contribution < 1.29 is 19.3 Å². The SMILES string of the molecule is CCCCCCCC[N+]1=C(/C=C2\C(=O)C(=O)C(/C=c3\c4cccc5cccc(c54)n3I)=C2[O-])c2cccc3c(-c4ccc(N(c5ccc(C)cc5)c5ccc(C)cc5)s4)ccc1c23. The number of nitrogens with zero attached hydrogens (tertiary/aromatic N) is 3. The van der Waals surface area contributed by atoms with E-state index in [4.69, 9.17) is 0 Å². The van der Waals surface area contributed by atoms with Crippen LogP contribution in [0.25, 0.3) is 49.0 Å². The summed E-state index contributed by atoms with van der Waals surface area (Å²) < 4.78 is 4.24. The molecule has 63 heavy (non-hydrogen) atoms. The smallest absolute Gasteiger partial charge is 0.233 e. The number of anilines is 3. The topological polar surface area (TPSA) is 68.4 Å². The van der Waals surface area contributed by atoms with Gasteiger partial charge in [0.25, 0.3) is 0 Å². The highest BCUT2D eigenvalue weighted by Crippen LogP contribution is 2.46. The van der Waals surface area contributed by atoms with Crippen LogP contribution in [0.4, 0.5) is 22.1 Å². The summed E-state index contributed by atoms with van der Waals surface area (Å²) in [5.41, 5.74) is 9.34. The number of ketones is 2. The van der Waals surface area contributed by atoms with Gasteiger partial charge in [0.05, 0.1) is 44.7 Å². The second-order valence-electron chi connectivity index (χ2n) is 16.8. The first kappa shape index (κ1) is 40.9. The number of hydrogen-bond acceptors (Lipinski definition) is 5. The molecule has 8 heteroatoms. The molecule has 0 fully saturated rings. The van der Waals surface area contributed by atoms with E-state index in [0.717, 1.165) is 102 Å². The first-order valence-electron chi connectivity index (χ1n) is 21.9. The zero-order chi connectivity index (χ0) is 43.4. The monoisotopic (exact) mass is 955 g/mol. The summed E-state index contributed by atoms with van der Waals surface area (Å²) >= 11 is 3.97. The van der Waals surface area contributed by atoms with Gasteiger partial charge in [0.2, 0.25) is 23.0 Å². The largest absolute Gasteiger partial charge is 0.871 e. The minimum atomic E-state index is -0.760. The lowest BCUT2D eigenvalue weighted by Crippen LogP contribution is -2.17. The van der Waals surface area contributed by atoms with Gasteiger partial charge in [-0.1, -0.05) is 116 Å². The van der Waals surface area contributed by atoms with Crippen LogP contribution in [-0.2, 0) is 9.59 Å². The number of carbonyl (C=O) groups is 2. The predicted molar refractivity (Wildman–Crippen MR) is 267 cm³/mol. The molecular weight excluding hydrogens is 910 g/mol. The summed E-state index contributed by atoms with van der Waals surface area (Å²) in [6.45, 7) is 7.17. The molecule has 0 amide bonds. The minimum absolute atomic E-state index is 0.0799. The van der Waals surface area contributed by atoms with Crippen molar-refractivity contribution in [1.29, 1.82) is 0 Å². The molecule has 1 aliphatic carbocycles. The fourth-order valence-corrected chi connectivity index (χ4v) is 11.2. The van der Waals surface area contributed by atoms with Gasteiger partial charge in [-0.3, -0.25) is 12.4 Å². The number of halogens is 1. The third-order valence-electron chi connectivity index (χ3n) is 12.6. The van der Waals surface area contributed by atoms with Gasteiger partial charge in [0.15, 0.2) is 0 Å². The van der Waals surface area contributed by atoms with E-state index >= 15 is 0 Å². The van der Waals surface area contributed by atoms with Crippen molar-refractivity contribution in [2.24, 2.45) is 0 Å². The van der Waals surface area contributed by atoms with E-state index in [1.807, 2.05) is 27.0 Å². The summed E-state index contributed by atoms with van der Waals surface area (Å²) in [5, 5.41) is 21.5. The van der Waals surface area contributed by atoms with Gasteiger partial charge in [-0.25, -0.2) is 0 Å². The van der Waals surface area contributed by atoms with Crippen LogP contribution in [0.1, 0.15) is 62.1 Å². The van der Waals surface area contributed by atoms with E-state index in [2.05, 4.69) is 156 Å². The Morgan fingerprint density at radius 2 is 1.35 bits per heavy atom. The van der Waals surface area contributed by atoms with Gasteiger partial charge in [-0.05, 0) is 91.7 Å². The van der Waals surface area contributed by atoms with Crippen LogP contribution >= 0.6 is 34.2 Å². The van der Waals surface area contributed by atoms with E-state index in [1.54, 1.807) is 23.5 Å². The first-order valence-corrected chi connectivity index (χ1v) is 23.7. The molecule has 312 valence electrons. The zero-order valence-corrected chi connectivity index (χ0v) is 38.6. The van der Waals surface area contributed by atoms with Crippen LogP contribution in [0.15, 0.2) is 150 Å². The lowest BCUT2D eigenvalue weighted by Gasteiger charge is -2.24. The van der Waals surface area contributed by atoms with Crippen LogP contribution in [0, 0.1) is 13.8 Å². The summed E-state index contributed by atoms with van der Waals surface area (Å²) in [7, 11) is 0. The van der Waals surface area contributed by atoms with Gasteiger partial charge in [0, 0.05) is 62.3 Å². The van der Waals surface area contributed by atoms with Gasteiger partial charge >= 0.3 is 0 Å². The van der Waals surface area contributed by atoms with Crippen molar-refractivity contribution in [1.82, 2.24) is 2.78 Å². The Bertz CT molecular complexity index is 3240. The van der Waals surface area contributed by atoms with Crippen molar-refractivity contribution in [3.8, 4) is 10.4 Å². The fourth-order valence-electron chi connectivity index (χ4n) is 9.35. The van der Waals surface area contributed by atoms with E-state index in [9.17, 15) is 14.7 Å². The molecule has 2 aliphatic rings. The average molecular weight is 956 g/mol. The molecule has 0 saturated heterocycles. The van der Waals surface area contributed by atoms with E-state index in [1.165, 1.54) is 30.4 Å². The zero-order valence-electron chi connectivity index (χ0n) is 35.6. The number of rotatable bonds is 13. The molecule has 0 bridgehead atoms. The van der Waals surface area contributed by atoms with E-state index < -0.39 is 17.3 Å². The summed E-state index contributed by atoms with van der Waals surface area (Å²) in [6.07, 6.45) is 10.1. The maximum absolute atomic E-state index is 14.4. The summed E-state index contributed by atoms with van der Waals surface area (Å²) in [6, 6.07) is 44.6. The number of aromatic nitrogens is 1. The molecule has 6 nitrogen and oxygen atoms in total. The number of carbonyl (C=O) groups excluding carboxylic acids is 2. The maximum Gasteiger partial charge on any atom is 0.233 e. The van der Waals surface area contributed by atoms with Crippen molar-refractivity contribution in [2.75, 3.05) is 11.4 Å². The molecule has 0 atom stereocenters. The molecule has 0 unspecified atom stereocenters. The Hall–Kier alpha value is -6.10. The van der Waals surface area contributed by atoms with Crippen molar-refractivity contribution in [3.63, 3.8) is 0 Å². The molecule has 3 heterocycles. The van der Waals surface area contributed by atoms with Crippen LogP contribution in [0.3, 0.4) is 0 Å². The molecule has 6 aromatic carbocycles. The lowest BCUT2D eigenvalue weighted by molar-refractivity contribution is -0.436. The van der Waals surface area contributed by atoms with Gasteiger partial charge in [-0.2, -0.15) is 4.58 Å². The Kier molecular flexibility index (Phi) is 11.0. The molecule has 1 aliphatic heterocycles. The van der Waals surface area contributed by atoms with Gasteiger partial charge < -0.3 is 10.0 Å². The Morgan fingerprint density at radius 1 is 0.683 bits per heavy atom. The predicted octanol–water partition coefficient (Wildman–Crippen LogP) is 12.7. The fraction of sp³-hybridized carbons (Fsp3) is 0.182. The number of benzene rings is 6. The van der Waals surface area contributed by atoms with Crippen LogP contribution in [0.5, 0.6) is 0 Å². The third kappa shape index (κ3) is 7.23. The number of hydrogen-bond donors (Lipinski definition) is 0. The number of allylic oxidation sites excluding steroid dienone is 3. The number of unbranched alkanes of at least 4 members (excludes halogenated alkanes) is 5. The van der Waals surface area contributed by atoms with Gasteiger partial charge in [-0.15, -0.1) is 11.3 Å². The summed E-state index contributed by atoms with van der Waals surface area (Å²) in [4.78, 5) is 31.2. The number of thiophene rings is 1. The molecule has 2 aromatic heterocycles. The number of aryl methyl sites for hydroxylation is 2. The maximum atomic E-state index is 14.4. The Labute approximate surface area is 385 Å². The molecule has 0 N–H and O–H groups in total. The first-order chi connectivity index (χ1) is 30.7. The Morgan fingerprint density at radius 3 is 2.08 bits per heavy atom. The van der Waals surface area contributed by atoms with E-state index in [0.29, 0.717) is 5.35 Å². The molecule has 0 spiro atoms. The second kappa shape index (κ2) is 16.9. The lowest BCUT2D eigenvalue weighted by atomic mass is 9.97. The van der Waals surface area contributed by atoms with Crippen molar-refractivity contribution >= 4 is 112 Å². The highest BCUT2D eigenvalue weighted by Gasteiger charge is 2.36. The minimum Gasteiger partial charge on any atom is -0.871 e. The third-order valence-corrected chi connectivity index (χ3v) is 14.7. The van der Waals surface area contributed by atoms with Crippen LogP contribution in [0.2, 0.25) is 0 Å². The number of Topliss-reactive ketones (excluding diaryl/α,β-unsaturated/α-hetero) is 2. The molecule has 8 aromatic rings. The Balaban J connectivity index is 1.08. The van der Waals surface area contributed by atoms with Crippen molar-refractivity contribution in [3.05, 3.63) is 172 Å². The molecular formula is C55H46IN3O3S.